The van der Waals surface area contributed by atoms with Crippen LogP contribution < -0.4 is 0 Å². The topological polar surface area (TPSA) is 57.5 Å². The number of hydrogen-bond donors (Lipinski definition) is 2. The number of aldehydes is 1. The van der Waals surface area contributed by atoms with E-state index in [1.54, 1.807) is 20.8 Å². The summed E-state index contributed by atoms with van der Waals surface area (Å²) in [5.74, 6) is 5.46. The van der Waals surface area contributed by atoms with Crippen LogP contribution in [0.15, 0.2) is 0 Å². The predicted octanol–water partition coefficient (Wildman–Crippen LogP) is 1.76. The highest BCUT2D eigenvalue weighted by Crippen LogP contribution is 2.18. The smallest absolute Gasteiger partial charge is 0.123 e. The molecule has 0 heterocycles. The van der Waals surface area contributed by atoms with E-state index in [9.17, 15) is 15.0 Å². The first-order valence-electron chi connectivity index (χ1n) is 6.02. The lowest BCUT2D eigenvalue weighted by atomic mass is 9.91. The monoisotopic (exact) mass is 240 g/mol. The van der Waals surface area contributed by atoms with E-state index in [0.717, 1.165) is 6.29 Å². The van der Waals surface area contributed by atoms with Crippen LogP contribution in [0.5, 0.6) is 0 Å². The van der Waals surface area contributed by atoms with Gasteiger partial charge in [-0.2, -0.15) is 0 Å². The average Bonchev–Trinajstić information content (AvgIpc) is 2.12. The molecule has 0 saturated heterocycles. The standard InChI is InChI=1S/C14H24O3/c1-11(2)8-13(4,16)6-7-14(5,17)9-12(3)10-15/h10-12,16-17H,8-9H2,1-5H3. The molecule has 0 aliphatic carbocycles. The van der Waals surface area contributed by atoms with Gasteiger partial charge < -0.3 is 15.0 Å². The van der Waals surface area contributed by atoms with Gasteiger partial charge >= 0.3 is 0 Å². The van der Waals surface area contributed by atoms with Crippen molar-refractivity contribution >= 4 is 6.29 Å². The summed E-state index contributed by atoms with van der Waals surface area (Å²) in [5, 5.41) is 20.0. The summed E-state index contributed by atoms with van der Waals surface area (Å²) in [7, 11) is 0. The minimum absolute atomic E-state index is 0.241. The zero-order chi connectivity index (χ0) is 13.7. The molecule has 0 aromatic heterocycles. The molecule has 3 heteroatoms. The van der Waals surface area contributed by atoms with Gasteiger partial charge in [-0.25, -0.2) is 0 Å². The van der Waals surface area contributed by atoms with Gasteiger partial charge in [-0.1, -0.05) is 32.6 Å². The Morgan fingerprint density at radius 2 is 1.47 bits per heavy atom. The van der Waals surface area contributed by atoms with E-state index in [2.05, 4.69) is 11.8 Å². The van der Waals surface area contributed by atoms with Crippen molar-refractivity contribution in [3.05, 3.63) is 0 Å². The van der Waals surface area contributed by atoms with Gasteiger partial charge in [-0.15, -0.1) is 0 Å². The summed E-state index contributed by atoms with van der Waals surface area (Å²) in [4.78, 5) is 10.5. The van der Waals surface area contributed by atoms with E-state index in [4.69, 9.17) is 0 Å². The molecule has 0 aliphatic rings. The number of carbonyl (C=O) groups is 1. The summed E-state index contributed by atoms with van der Waals surface area (Å²) in [6, 6.07) is 0. The maximum absolute atomic E-state index is 10.5. The van der Waals surface area contributed by atoms with Gasteiger partial charge in [-0.05, 0) is 32.6 Å². The first-order valence-corrected chi connectivity index (χ1v) is 6.02. The van der Waals surface area contributed by atoms with Gasteiger partial charge in [0, 0.05) is 5.92 Å². The molecule has 0 aliphatic heterocycles. The molecule has 3 nitrogen and oxygen atoms in total. The van der Waals surface area contributed by atoms with Crippen LogP contribution >= 0.6 is 0 Å². The third kappa shape index (κ3) is 7.95. The predicted molar refractivity (Wildman–Crippen MR) is 68.3 cm³/mol. The average molecular weight is 240 g/mol. The van der Waals surface area contributed by atoms with Crippen molar-refractivity contribution in [2.24, 2.45) is 11.8 Å². The molecule has 0 rings (SSSR count). The van der Waals surface area contributed by atoms with Crippen molar-refractivity contribution < 1.29 is 15.0 Å². The Hall–Kier alpha value is -0.850. The molecule has 0 spiro atoms. The fourth-order valence-electron chi connectivity index (χ4n) is 1.84. The van der Waals surface area contributed by atoms with Crippen LogP contribution in [0.3, 0.4) is 0 Å². The highest BCUT2D eigenvalue weighted by atomic mass is 16.3. The summed E-state index contributed by atoms with van der Waals surface area (Å²) in [6.07, 6.45) is 1.63. The van der Waals surface area contributed by atoms with Crippen molar-refractivity contribution in [1.82, 2.24) is 0 Å². The van der Waals surface area contributed by atoms with Gasteiger partial charge in [0.15, 0.2) is 0 Å². The quantitative estimate of drug-likeness (QED) is 0.568. The Balaban J connectivity index is 4.64. The van der Waals surface area contributed by atoms with Crippen LogP contribution in [0.2, 0.25) is 0 Å². The van der Waals surface area contributed by atoms with Crippen LogP contribution in [0.4, 0.5) is 0 Å². The third-order valence-corrected chi connectivity index (χ3v) is 2.36. The SMILES string of the molecule is CC(C)CC(C)(O)C#CC(C)(O)CC(C)C=O. The molecule has 0 fully saturated rings. The lowest BCUT2D eigenvalue weighted by Gasteiger charge is -2.22. The van der Waals surface area contributed by atoms with Crippen molar-refractivity contribution in [3.63, 3.8) is 0 Å². The molecule has 0 amide bonds. The zero-order valence-corrected chi connectivity index (χ0v) is 11.4. The van der Waals surface area contributed by atoms with E-state index in [0.29, 0.717) is 12.3 Å². The molecule has 17 heavy (non-hydrogen) atoms. The van der Waals surface area contributed by atoms with Gasteiger partial charge in [0.25, 0.3) is 0 Å². The molecule has 2 N–H and O–H groups in total. The second-order valence-electron chi connectivity index (χ2n) is 5.71. The molecule has 0 radical (unpaired) electrons. The van der Waals surface area contributed by atoms with Crippen molar-refractivity contribution in [2.45, 2.75) is 58.7 Å². The Bertz CT molecular complexity index is 305. The maximum atomic E-state index is 10.5. The van der Waals surface area contributed by atoms with Gasteiger partial charge in [-0.3, -0.25) is 0 Å². The summed E-state index contributed by atoms with van der Waals surface area (Å²) >= 11 is 0. The molecular formula is C14H24O3. The summed E-state index contributed by atoms with van der Waals surface area (Å²) in [6.45, 7) is 8.94. The van der Waals surface area contributed by atoms with Crippen molar-refractivity contribution in [1.29, 1.82) is 0 Å². The van der Waals surface area contributed by atoms with Crippen LogP contribution in [0.1, 0.15) is 47.5 Å². The van der Waals surface area contributed by atoms with E-state index in [1.807, 2.05) is 13.8 Å². The minimum Gasteiger partial charge on any atom is -0.378 e. The lowest BCUT2D eigenvalue weighted by molar-refractivity contribution is -0.111. The molecule has 0 bridgehead atoms. The second kappa shape index (κ2) is 6.18. The minimum atomic E-state index is -1.23. The molecule has 3 atom stereocenters. The van der Waals surface area contributed by atoms with Crippen molar-refractivity contribution in [2.75, 3.05) is 0 Å². The Morgan fingerprint density at radius 1 is 1.06 bits per heavy atom. The van der Waals surface area contributed by atoms with E-state index >= 15 is 0 Å². The first kappa shape index (κ1) is 16.1. The van der Waals surface area contributed by atoms with Crippen LogP contribution in [0.25, 0.3) is 0 Å². The Kier molecular flexibility index (Phi) is 5.87. The Labute approximate surface area is 104 Å². The second-order valence-corrected chi connectivity index (χ2v) is 5.71. The summed E-state index contributed by atoms with van der Waals surface area (Å²) in [5.41, 5.74) is -2.33. The van der Waals surface area contributed by atoms with Crippen LogP contribution in [0, 0.1) is 23.7 Å². The highest BCUT2D eigenvalue weighted by molar-refractivity contribution is 5.53. The Morgan fingerprint density at radius 3 is 1.82 bits per heavy atom. The van der Waals surface area contributed by atoms with E-state index in [1.165, 1.54) is 0 Å². The first-order chi connectivity index (χ1) is 7.58. The largest absolute Gasteiger partial charge is 0.378 e. The number of hydrogen-bond acceptors (Lipinski definition) is 3. The van der Waals surface area contributed by atoms with E-state index in [-0.39, 0.29) is 12.3 Å². The van der Waals surface area contributed by atoms with E-state index < -0.39 is 11.2 Å². The summed E-state index contributed by atoms with van der Waals surface area (Å²) < 4.78 is 0. The van der Waals surface area contributed by atoms with Gasteiger partial charge in [0.05, 0.1) is 0 Å². The highest BCUT2D eigenvalue weighted by Gasteiger charge is 2.23. The molecule has 3 unspecified atom stereocenters. The number of rotatable bonds is 5. The molecule has 0 aromatic rings. The fraction of sp³-hybridized carbons (Fsp3) is 0.786. The van der Waals surface area contributed by atoms with Crippen LogP contribution in [-0.2, 0) is 4.79 Å². The fourth-order valence-corrected chi connectivity index (χ4v) is 1.84. The van der Waals surface area contributed by atoms with Gasteiger partial charge in [0.2, 0.25) is 0 Å². The molecule has 98 valence electrons. The molecular weight excluding hydrogens is 216 g/mol. The maximum Gasteiger partial charge on any atom is 0.123 e. The molecule has 0 saturated carbocycles. The molecule has 0 aromatic carbocycles. The number of carbonyl (C=O) groups excluding carboxylic acids is 1. The van der Waals surface area contributed by atoms with Crippen LogP contribution in [-0.4, -0.2) is 27.7 Å². The zero-order valence-electron chi connectivity index (χ0n) is 11.4. The van der Waals surface area contributed by atoms with Crippen molar-refractivity contribution in [3.8, 4) is 11.8 Å². The normalized spacial score (nSPS) is 19.8. The third-order valence-electron chi connectivity index (χ3n) is 2.36. The number of aliphatic hydroxyl groups is 2. The lowest BCUT2D eigenvalue weighted by Crippen LogP contribution is -2.29. The van der Waals surface area contributed by atoms with Gasteiger partial charge in [0.1, 0.15) is 17.5 Å².